The summed E-state index contributed by atoms with van der Waals surface area (Å²) >= 11 is 5.43. The van der Waals surface area contributed by atoms with E-state index in [0.717, 1.165) is 5.56 Å². The molecule has 0 aliphatic rings. The molecule has 196 valence electrons. The number of amides is 3. The van der Waals surface area contributed by atoms with Gasteiger partial charge in [-0.3, -0.25) is 14.4 Å². The molecule has 4 unspecified atom stereocenters. The average molecular weight is 537 g/mol. The molecule has 11 nitrogen and oxygen atoms in total. The Balaban J connectivity index is 2.14. The Labute approximate surface area is 219 Å². The third kappa shape index (κ3) is 9.55. The lowest BCUT2D eigenvalue weighted by atomic mass is 10.0. The van der Waals surface area contributed by atoms with Crippen LogP contribution >= 0.6 is 24.4 Å². The molecule has 3 amide bonds. The van der Waals surface area contributed by atoms with Crippen LogP contribution in [0.5, 0.6) is 0 Å². The predicted molar refractivity (Wildman–Crippen MR) is 141 cm³/mol. The fraction of sp³-hybridized carbons (Fsp3) is 0.435. The van der Waals surface area contributed by atoms with Gasteiger partial charge in [-0.25, -0.2) is 9.78 Å². The van der Waals surface area contributed by atoms with Crippen molar-refractivity contribution >= 4 is 48.1 Å². The van der Waals surface area contributed by atoms with Gasteiger partial charge in [0.05, 0.1) is 12.4 Å². The number of benzene rings is 1. The van der Waals surface area contributed by atoms with Crippen molar-refractivity contribution in [2.75, 3.05) is 17.8 Å². The maximum absolute atomic E-state index is 13.2. The minimum absolute atomic E-state index is 0.0842. The number of thiol groups is 1. The van der Waals surface area contributed by atoms with Crippen LogP contribution in [0.15, 0.2) is 42.9 Å². The van der Waals surface area contributed by atoms with Gasteiger partial charge in [-0.05, 0) is 30.4 Å². The van der Waals surface area contributed by atoms with Crippen LogP contribution in [0.25, 0.3) is 0 Å². The lowest BCUT2D eigenvalue weighted by Crippen LogP contribution is -2.58. The van der Waals surface area contributed by atoms with Crippen LogP contribution in [-0.2, 0) is 32.0 Å². The maximum atomic E-state index is 13.2. The smallest absolute Gasteiger partial charge is 0.327 e. The van der Waals surface area contributed by atoms with Crippen LogP contribution < -0.4 is 21.7 Å². The number of aromatic nitrogens is 2. The van der Waals surface area contributed by atoms with Crippen molar-refractivity contribution in [2.24, 2.45) is 5.73 Å². The Hall–Kier alpha value is -3.03. The molecule has 1 heterocycles. The highest BCUT2D eigenvalue weighted by atomic mass is 32.2. The number of carbonyl (C=O) groups is 4. The van der Waals surface area contributed by atoms with Gasteiger partial charge in [-0.2, -0.15) is 24.4 Å². The van der Waals surface area contributed by atoms with Crippen molar-refractivity contribution in [1.82, 2.24) is 25.9 Å². The summed E-state index contributed by atoms with van der Waals surface area (Å²) in [6.07, 6.45) is 5.45. The minimum Gasteiger partial charge on any atom is -0.480 e. The maximum Gasteiger partial charge on any atom is 0.327 e. The summed E-state index contributed by atoms with van der Waals surface area (Å²) < 4.78 is 0. The van der Waals surface area contributed by atoms with Gasteiger partial charge >= 0.3 is 5.97 Å². The second-order valence-corrected chi connectivity index (χ2v) is 9.41. The summed E-state index contributed by atoms with van der Waals surface area (Å²) in [6.45, 7) is 0. The number of imidazole rings is 1. The van der Waals surface area contributed by atoms with Crippen LogP contribution in [0, 0.1) is 0 Å². The first-order chi connectivity index (χ1) is 17.2. The number of carbonyl (C=O) groups excluding carboxylic acids is 3. The highest BCUT2D eigenvalue weighted by molar-refractivity contribution is 7.98. The highest BCUT2D eigenvalue weighted by Gasteiger charge is 2.30. The number of hydrogen-bond donors (Lipinski definition) is 7. The number of nitrogens with two attached hydrogens (primary N) is 1. The molecular formula is C23H32N6O5S2. The highest BCUT2D eigenvalue weighted by Crippen LogP contribution is 2.07. The van der Waals surface area contributed by atoms with Crippen molar-refractivity contribution in [2.45, 2.75) is 43.4 Å². The lowest BCUT2D eigenvalue weighted by molar-refractivity contribution is -0.141. The first-order valence-corrected chi connectivity index (χ1v) is 13.3. The van der Waals surface area contributed by atoms with E-state index in [9.17, 15) is 24.3 Å². The van der Waals surface area contributed by atoms with Crippen molar-refractivity contribution in [3.8, 4) is 0 Å². The Kier molecular flexibility index (Phi) is 12.3. The zero-order valence-corrected chi connectivity index (χ0v) is 21.6. The number of nitrogens with one attached hydrogen (secondary N) is 4. The molecule has 0 fully saturated rings. The summed E-state index contributed by atoms with van der Waals surface area (Å²) in [5, 5.41) is 16.9. The van der Waals surface area contributed by atoms with Crippen molar-refractivity contribution in [3.63, 3.8) is 0 Å². The van der Waals surface area contributed by atoms with E-state index in [1.807, 2.05) is 36.6 Å². The molecular weight excluding hydrogens is 504 g/mol. The number of nitrogens with zero attached hydrogens (tertiary/aromatic N) is 1. The fourth-order valence-electron chi connectivity index (χ4n) is 3.30. The Morgan fingerprint density at radius 1 is 1.03 bits per heavy atom. The second-order valence-electron chi connectivity index (χ2n) is 8.06. The Bertz CT molecular complexity index is 992. The third-order valence-corrected chi connectivity index (χ3v) is 6.30. The predicted octanol–water partition coefficient (Wildman–Crippen LogP) is -0.256. The van der Waals surface area contributed by atoms with Crippen molar-refractivity contribution in [1.29, 1.82) is 0 Å². The molecule has 0 spiro atoms. The SMILES string of the molecule is CSCCC(NC(=O)C(Cc1cnc[nH]1)NC(=O)C(N)Cc1ccccc1)C(=O)NC(CS)C(=O)O. The van der Waals surface area contributed by atoms with E-state index in [-0.39, 0.29) is 25.0 Å². The average Bonchev–Trinajstić information content (AvgIpc) is 3.37. The van der Waals surface area contributed by atoms with E-state index < -0.39 is 47.9 Å². The van der Waals surface area contributed by atoms with Gasteiger partial charge in [0.2, 0.25) is 17.7 Å². The van der Waals surface area contributed by atoms with Gasteiger partial charge < -0.3 is 31.8 Å². The molecule has 1 aromatic heterocycles. The summed E-state index contributed by atoms with van der Waals surface area (Å²) in [7, 11) is 0. The summed E-state index contributed by atoms with van der Waals surface area (Å²) in [5.74, 6) is -2.58. The van der Waals surface area contributed by atoms with Gasteiger partial charge in [0, 0.05) is 24.1 Å². The number of aliphatic carboxylic acids is 1. The third-order valence-electron chi connectivity index (χ3n) is 5.29. The quantitative estimate of drug-likeness (QED) is 0.152. The van der Waals surface area contributed by atoms with E-state index in [1.165, 1.54) is 24.3 Å². The summed E-state index contributed by atoms with van der Waals surface area (Å²) in [4.78, 5) is 57.0. The number of carboxylic acids is 1. The van der Waals surface area contributed by atoms with E-state index in [4.69, 9.17) is 5.73 Å². The standard InChI is InChI=1S/C23H32N6O5S2/c1-36-8-7-17(21(31)29-19(12-35)23(33)34)27-22(32)18(10-15-11-25-13-26-15)28-20(30)16(24)9-14-5-3-2-4-6-14/h2-6,11,13,16-19,35H,7-10,12,24H2,1H3,(H,25,26)(H,27,32)(H,28,30)(H,29,31)(H,33,34). The molecule has 0 saturated carbocycles. The van der Waals surface area contributed by atoms with E-state index >= 15 is 0 Å². The molecule has 0 aliphatic heterocycles. The molecule has 0 bridgehead atoms. The molecule has 13 heteroatoms. The molecule has 36 heavy (non-hydrogen) atoms. The van der Waals surface area contributed by atoms with Crippen LogP contribution in [0.2, 0.25) is 0 Å². The van der Waals surface area contributed by atoms with Crippen molar-refractivity contribution in [3.05, 3.63) is 54.1 Å². The molecule has 0 radical (unpaired) electrons. The fourth-order valence-corrected chi connectivity index (χ4v) is 4.02. The summed E-state index contributed by atoms with van der Waals surface area (Å²) in [6, 6.07) is 5.10. The first-order valence-electron chi connectivity index (χ1n) is 11.3. The molecule has 0 saturated heterocycles. The van der Waals surface area contributed by atoms with Gasteiger partial charge in [0.1, 0.15) is 18.1 Å². The van der Waals surface area contributed by atoms with Gasteiger partial charge in [0.25, 0.3) is 0 Å². The normalized spacial score (nSPS) is 14.2. The summed E-state index contributed by atoms with van der Waals surface area (Å²) in [5.41, 5.74) is 7.56. The topological polar surface area (TPSA) is 179 Å². The number of thioether (sulfide) groups is 1. The molecule has 2 aromatic rings. The second kappa shape index (κ2) is 15.2. The zero-order chi connectivity index (χ0) is 26.5. The molecule has 7 N–H and O–H groups in total. The Morgan fingerprint density at radius 2 is 1.67 bits per heavy atom. The van der Waals surface area contributed by atoms with E-state index in [0.29, 0.717) is 11.4 Å². The molecule has 1 aromatic carbocycles. The molecule has 4 atom stereocenters. The lowest BCUT2D eigenvalue weighted by Gasteiger charge is -2.25. The van der Waals surface area contributed by atoms with Crippen molar-refractivity contribution < 1.29 is 24.3 Å². The van der Waals surface area contributed by atoms with Gasteiger partial charge in [0.15, 0.2) is 0 Å². The number of rotatable bonds is 15. The number of H-pyrrole nitrogens is 1. The minimum atomic E-state index is -1.23. The van der Waals surface area contributed by atoms with E-state index in [1.54, 1.807) is 0 Å². The van der Waals surface area contributed by atoms with Crippen LogP contribution in [-0.4, -0.2) is 80.7 Å². The number of carboxylic acid groups (broad SMARTS) is 1. The first kappa shape index (κ1) is 29.2. The molecule has 0 aliphatic carbocycles. The largest absolute Gasteiger partial charge is 0.480 e. The number of hydrogen-bond acceptors (Lipinski definition) is 8. The van der Waals surface area contributed by atoms with Crippen LogP contribution in [0.3, 0.4) is 0 Å². The van der Waals surface area contributed by atoms with Gasteiger partial charge in [-0.15, -0.1) is 0 Å². The van der Waals surface area contributed by atoms with Crippen LogP contribution in [0.1, 0.15) is 17.7 Å². The molecule has 2 rings (SSSR count). The Morgan fingerprint density at radius 3 is 2.25 bits per heavy atom. The zero-order valence-electron chi connectivity index (χ0n) is 19.8. The monoisotopic (exact) mass is 536 g/mol. The van der Waals surface area contributed by atoms with E-state index in [2.05, 4.69) is 38.5 Å². The van der Waals surface area contributed by atoms with Crippen LogP contribution in [0.4, 0.5) is 0 Å². The van der Waals surface area contributed by atoms with Gasteiger partial charge in [-0.1, -0.05) is 30.3 Å². The number of aromatic amines is 1.